The standard InChI is InChI=1S/C21H23N3O3S2/c1-3-15-4-8-17(9-5-15)21-24-14(2)19(28-21)20(25)23-13-12-16-6-10-18(11-7-16)29(22,26)27/h4-11H,3,12-13H2,1-2H3,(H,23,25)(H2,22,26,27). The Hall–Kier alpha value is -2.55. The molecule has 152 valence electrons. The molecule has 0 aliphatic carbocycles. The number of nitrogens with one attached hydrogen (secondary N) is 1. The van der Waals surface area contributed by atoms with Gasteiger partial charge in [0.05, 0.1) is 10.6 Å². The first-order valence-electron chi connectivity index (χ1n) is 9.24. The number of hydrogen-bond donors (Lipinski definition) is 2. The van der Waals surface area contributed by atoms with Gasteiger partial charge in [-0.05, 0) is 43.0 Å². The van der Waals surface area contributed by atoms with Crippen LogP contribution >= 0.6 is 11.3 Å². The maximum atomic E-state index is 12.5. The third kappa shape index (κ3) is 5.29. The van der Waals surface area contributed by atoms with E-state index >= 15 is 0 Å². The van der Waals surface area contributed by atoms with E-state index in [2.05, 4.69) is 29.4 Å². The van der Waals surface area contributed by atoms with Crippen molar-refractivity contribution in [1.82, 2.24) is 10.3 Å². The number of aryl methyl sites for hydroxylation is 2. The summed E-state index contributed by atoms with van der Waals surface area (Å²) in [5.41, 5.74) is 3.89. The summed E-state index contributed by atoms with van der Waals surface area (Å²) in [6.45, 7) is 4.38. The third-order valence-corrected chi connectivity index (χ3v) is 6.70. The van der Waals surface area contributed by atoms with E-state index in [9.17, 15) is 13.2 Å². The van der Waals surface area contributed by atoms with E-state index in [1.807, 2.05) is 19.1 Å². The summed E-state index contributed by atoms with van der Waals surface area (Å²) in [6.07, 6.45) is 1.56. The van der Waals surface area contributed by atoms with Crippen LogP contribution in [-0.2, 0) is 22.9 Å². The van der Waals surface area contributed by atoms with E-state index in [-0.39, 0.29) is 10.8 Å². The van der Waals surface area contributed by atoms with Crippen molar-refractivity contribution in [2.75, 3.05) is 6.54 Å². The zero-order valence-electron chi connectivity index (χ0n) is 16.3. The van der Waals surface area contributed by atoms with Gasteiger partial charge in [-0.3, -0.25) is 4.79 Å². The Morgan fingerprint density at radius 3 is 2.28 bits per heavy atom. The summed E-state index contributed by atoms with van der Waals surface area (Å²) in [7, 11) is -3.69. The topological polar surface area (TPSA) is 102 Å². The number of amides is 1. The van der Waals surface area contributed by atoms with Crippen LogP contribution in [0.1, 0.15) is 33.4 Å². The van der Waals surface area contributed by atoms with Crippen molar-refractivity contribution >= 4 is 27.3 Å². The van der Waals surface area contributed by atoms with Crippen LogP contribution in [0.3, 0.4) is 0 Å². The maximum Gasteiger partial charge on any atom is 0.263 e. The van der Waals surface area contributed by atoms with Gasteiger partial charge in [0, 0.05) is 12.1 Å². The first-order chi connectivity index (χ1) is 13.8. The molecule has 0 aliphatic heterocycles. The average molecular weight is 430 g/mol. The highest BCUT2D eigenvalue weighted by atomic mass is 32.2. The number of nitrogens with two attached hydrogens (primary N) is 1. The molecular formula is C21H23N3O3S2. The minimum absolute atomic E-state index is 0.0741. The lowest BCUT2D eigenvalue weighted by molar-refractivity contribution is 0.0957. The molecule has 0 unspecified atom stereocenters. The van der Waals surface area contributed by atoms with Gasteiger partial charge in [-0.2, -0.15) is 0 Å². The number of primary sulfonamides is 1. The van der Waals surface area contributed by atoms with Gasteiger partial charge in [-0.25, -0.2) is 18.5 Å². The smallest absolute Gasteiger partial charge is 0.263 e. The molecule has 6 nitrogen and oxygen atoms in total. The first kappa shape index (κ1) is 21.2. The Labute approximate surface area is 174 Å². The second-order valence-corrected chi connectivity index (χ2v) is 9.24. The molecular weight excluding hydrogens is 406 g/mol. The lowest BCUT2D eigenvalue weighted by atomic mass is 10.1. The highest BCUT2D eigenvalue weighted by Crippen LogP contribution is 2.28. The number of hydrogen-bond acceptors (Lipinski definition) is 5. The highest BCUT2D eigenvalue weighted by Gasteiger charge is 2.16. The van der Waals surface area contributed by atoms with Crippen LogP contribution in [0.4, 0.5) is 0 Å². The van der Waals surface area contributed by atoms with Crippen molar-refractivity contribution in [2.45, 2.75) is 31.6 Å². The Morgan fingerprint density at radius 1 is 1.07 bits per heavy atom. The minimum atomic E-state index is -3.69. The fourth-order valence-electron chi connectivity index (χ4n) is 2.86. The number of carbonyl (C=O) groups is 1. The largest absolute Gasteiger partial charge is 0.351 e. The van der Waals surface area contributed by atoms with Crippen molar-refractivity contribution in [3.63, 3.8) is 0 Å². The molecule has 1 amide bonds. The van der Waals surface area contributed by atoms with E-state index < -0.39 is 10.0 Å². The predicted molar refractivity (Wildman–Crippen MR) is 116 cm³/mol. The van der Waals surface area contributed by atoms with Crippen LogP contribution in [-0.4, -0.2) is 25.9 Å². The van der Waals surface area contributed by atoms with Crippen molar-refractivity contribution in [3.05, 3.63) is 70.2 Å². The van der Waals surface area contributed by atoms with E-state index in [1.165, 1.54) is 29.0 Å². The zero-order valence-corrected chi connectivity index (χ0v) is 17.9. The number of rotatable bonds is 7. The van der Waals surface area contributed by atoms with Crippen LogP contribution in [0.2, 0.25) is 0 Å². The molecule has 3 rings (SSSR count). The first-order valence-corrected chi connectivity index (χ1v) is 11.6. The van der Waals surface area contributed by atoms with E-state index in [0.29, 0.717) is 23.5 Å². The number of thiazole rings is 1. The van der Waals surface area contributed by atoms with Crippen LogP contribution in [0.15, 0.2) is 53.4 Å². The molecule has 2 aromatic carbocycles. The molecule has 8 heteroatoms. The number of carbonyl (C=O) groups excluding carboxylic acids is 1. The summed E-state index contributed by atoms with van der Waals surface area (Å²) in [5.74, 6) is -0.155. The molecule has 1 heterocycles. The summed E-state index contributed by atoms with van der Waals surface area (Å²) < 4.78 is 22.6. The van der Waals surface area contributed by atoms with Gasteiger partial charge >= 0.3 is 0 Å². The summed E-state index contributed by atoms with van der Waals surface area (Å²) in [4.78, 5) is 17.8. The quantitative estimate of drug-likeness (QED) is 0.601. The van der Waals surface area contributed by atoms with Crippen LogP contribution in [0.25, 0.3) is 10.6 Å². The second kappa shape index (κ2) is 8.86. The molecule has 0 spiro atoms. The van der Waals surface area contributed by atoms with Crippen molar-refractivity contribution in [3.8, 4) is 10.6 Å². The normalized spacial score (nSPS) is 11.4. The van der Waals surface area contributed by atoms with E-state index in [4.69, 9.17) is 5.14 Å². The monoisotopic (exact) mass is 429 g/mol. The second-order valence-electron chi connectivity index (χ2n) is 6.68. The van der Waals surface area contributed by atoms with Crippen LogP contribution < -0.4 is 10.5 Å². The molecule has 1 aromatic heterocycles. The number of benzene rings is 2. The fourth-order valence-corrected chi connectivity index (χ4v) is 4.36. The molecule has 3 N–H and O–H groups in total. The Kier molecular flexibility index (Phi) is 6.46. The molecule has 0 saturated heterocycles. The molecule has 0 fully saturated rings. The average Bonchev–Trinajstić information content (AvgIpc) is 3.09. The predicted octanol–water partition coefficient (Wildman–Crippen LogP) is 3.30. The Balaban J connectivity index is 1.61. The molecule has 29 heavy (non-hydrogen) atoms. The van der Waals surface area contributed by atoms with Gasteiger partial charge in [-0.15, -0.1) is 11.3 Å². The van der Waals surface area contributed by atoms with E-state index in [0.717, 1.165) is 22.6 Å². The molecule has 0 aliphatic rings. The van der Waals surface area contributed by atoms with Gasteiger partial charge in [-0.1, -0.05) is 43.3 Å². The van der Waals surface area contributed by atoms with Gasteiger partial charge in [0.15, 0.2) is 0 Å². The summed E-state index contributed by atoms with van der Waals surface area (Å²) >= 11 is 1.38. The van der Waals surface area contributed by atoms with Crippen molar-refractivity contribution in [2.24, 2.45) is 5.14 Å². The maximum absolute atomic E-state index is 12.5. The lowest BCUT2D eigenvalue weighted by Gasteiger charge is -2.05. The van der Waals surface area contributed by atoms with E-state index in [1.54, 1.807) is 12.1 Å². The molecule has 0 radical (unpaired) electrons. The molecule has 0 bridgehead atoms. The lowest BCUT2D eigenvalue weighted by Crippen LogP contribution is -2.25. The van der Waals surface area contributed by atoms with Crippen LogP contribution in [0.5, 0.6) is 0 Å². The van der Waals surface area contributed by atoms with Gasteiger partial charge < -0.3 is 5.32 Å². The third-order valence-electron chi connectivity index (χ3n) is 4.56. The fraction of sp³-hybridized carbons (Fsp3) is 0.238. The molecule has 0 saturated carbocycles. The summed E-state index contributed by atoms with van der Waals surface area (Å²) in [6, 6.07) is 14.5. The van der Waals surface area contributed by atoms with Crippen molar-refractivity contribution < 1.29 is 13.2 Å². The Morgan fingerprint density at radius 2 is 1.69 bits per heavy atom. The van der Waals surface area contributed by atoms with Gasteiger partial charge in [0.2, 0.25) is 10.0 Å². The molecule has 0 atom stereocenters. The highest BCUT2D eigenvalue weighted by molar-refractivity contribution is 7.89. The number of nitrogens with zero attached hydrogens (tertiary/aromatic N) is 1. The number of aromatic nitrogens is 1. The zero-order chi connectivity index (χ0) is 21.0. The molecule has 3 aromatic rings. The minimum Gasteiger partial charge on any atom is -0.351 e. The number of sulfonamides is 1. The van der Waals surface area contributed by atoms with Crippen LogP contribution in [0, 0.1) is 6.92 Å². The summed E-state index contributed by atoms with van der Waals surface area (Å²) in [5, 5.41) is 8.83. The van der Waals surface area contributed by atoms with Crippen molar-refractivity contribution in [1.29, 1.82) is 0 Å². The van der Waals surface area contributed by atoms with Gasteiger partial charge in [0.25, 0.3) is 5.91 Å². The Bertz CT molecular complexity index is 1100. The van der Waals surface area contributed by atoms with Gasteiger partial charge in [0.1, 0.15) is 9.88 Å². The SMILES string of the molecule is CCc1ccc(-c2nc(C)c(C(=O)NCCc3ccc(S(N)(=O)=O)cc3)s2)cc1.